The smallest absolute Gasteiger partial charge is 0.258 e. The topological polar surface area (TPSA) is 126 Å². The van der Waals surface area contributed by atoms with Crippen LogP contribution < -0.4 is 16.4 Å². The third-order valence-corrected chi connectivity index (χ3v) is 4.97. The SMILES string of the molecule is CS(=O)c1cccc(NC(=O)c2c(Cl)cc(Nc3n[nH]c(N)n3)cc2Cl)c1. The number of nitrogens with zero attached hydrogens (tertiary/aromatic N) is 2. The first kappa shape index (κ1) is 19.2. The second kappa shape index (κ2) is 7.95. The maximum absolute atomic E-state index is 12.6. The number of hydrogen-bond donors (Lipinski definition) is 4. The second-order valence-corrected chi connectivity index (χ2v) is 7.61. The lowest BCUT2D eigenvalue weighted by Crippen LogP contribution is -2.13. The number of nitrogens with one attached hydrogen (secondary N) is 3. The van der Waals surface area contributed by atoms with Gasteiger partial charge in [-0.15, -0.1) is 5.10 Å². The van der Waals surface area contributed by atoms with E-state index >= 15 is 0 Å². The number of carbonyl (C=O) groups excluding carboxylic acids is 1. The highest BCUT2D eigenvalue weighted by Gasteiger charge is 2.17. The minimum atomic E-state index is -1.16. The van der Waals surface area contributed by atoms with Gasteiger partial charge in [-0.2, -0.15) is 4.98 Å². The van der Waals surface area contributed by atoms with E-state index in [0.29, 0.717) is 16.3 Å². The number of anilines is 4. The molecule has 0 radical (unpaired) electrons. The van der Waals surface area contributed by atoms with Gasteiger partial charge in [-0.05, 0) is 30.3 Å². The van der Waals surface area contributed by atoms with E-state index in [4.69, 9.17) is 28.9 Å². The van der Waals surface area contributed by atoms with Crippen molar-refractivity contribution in [1.29, 1.82) is 0 Å². The average Bonchev–Trinajstić information content (AvgIpc) is 2.99. The van der Waals surface area contributed by atoms with Crippen molar-refractivity contribution in [2.75, 3.05) is 22.6 Å². The van der Waals surface area contributed by atoms with Gasteiger partial charge in [0.1, 0.15) is 0 Å². The minimum absolute atomic E-state index is 0.112. The van der Waals surface area contributed by atoms with Gasteiger partial charge in [0, 0.05) is 33.3 Å². The van der Waals surface area contributed by atoms with Crippen molar-refractivity contribution in [2.24, 2.45) is 0 Å². The summed E-state index contributed by atoms with van der Waals surface area (Å²) in [4.78, 5) is 17.1. The zero-order valence-corrected chi connectivity index (χ0v) is 16.2. The zero-order valence-electron chi connectivity index (χ0n) is 13.9. The molecular formula is C16H14Cl2N6O2S. The van der Waals surface area contributed by atoms with Gasteiger partial charge in [0.25, 0.3) is 5.91 Å². The summed E-state index contributed by atoms with van der Waals surface area (Å²) in [5, 5.41) is 12.2. The van der Waals surface area contributed by atoms with E-state index < -0.39 is 16.7 Å². The number of halogens is 2. The fourth-order valence-electron chi connectivity index (χ4n) is 2.27. The van der Waals surface area contributed by atoms with E-state index in [9.17, 15) is 9.00 Å². The summed E-state index contributed by atoms with van der Waals surface area (Å²) in [5.74, 6) is -0.0973. The van der Waals surface area contributed by atoms with Crippen LogP contribution in [-0.2, 0) is 10.8 Å². The molecular weight excluding hydrogens is 411 g/mol. The monoisotopic (exact) mass is 424 g/mol. The molecule has 0 aliphatic heterocycles. The van der Waals surface area contributed by atoms with Gasteiger partial charge in [-0.1, -0.05) is 29.3 Å². The van der Waals surface area contributed by atoms with Crippen molar-refractivity contribution in [3.63, 3.8) is 0 Å². The van der Waals surface area contributed by atoms with Crippen LogP contribution in [-0.4, -0.2) is 31.6 Å². The molecule has 3 aromatic rings. The summed E-state index contributed by atoms with van der Waals surface area (Å²) >= 11 is 12.5. The Hall–Kier alpha value is -2.62. The highest BCUT2D eigenvalue weighted by molar-refractivity contribution is 7.84. The van der Waals surface area contributed by atoms with Crippen molar-refractivity contribution in [3.05, 3.63) is 52.0 Å². The summed E-state index contributed by atoms with van der Waals surface area (Å²) in [5.41, 5.74) is 6.55. The third-order valence-electron chi connectivity index (χ3n) is 3.45. The minimum Gasteiger partial charge on any atom is -0.368 e. The van der Waals surface area contributed by atoms with Crippen LogP contribution in [0.4, 0.5) is 23.3 Å². The highest BCUT2D eigenvalue weighted by atomic mass is 35.5. The molecule has 2 aromatic carbocycles. The van der Waals surface area contributed by atoms with Crippen molar-refractivity contribution in [2.45, 2.75) is 4.90 Å². The summed E-state index contributed by atoms with van der Waals surface area (Å²) in [6.45, 7) is 0. The van der Waals surface area contributed by atoms with Crippen molar-refractivity contribution in [3.8, 4) is 0 Å². The van der Waals surface area contributed by atoms with Crippen LogP contribution in [0.5, 0.6) is 0 Å². The van der Waals surface area contributed by atoms with Crippen LogP contribution in [0.1, 0.15) is 10.4 Å². The standard InChI is InChI=1S/C16H14Cl2N6O2S/c1-27(26)10-4-2-3-8(5-10)20-14(25)13-11(17)6-9(7-12(13)18)21-16-22-15(19)23-24-16/h2-7H,1H3,(H,20,25)(H4,19,21,22,23,24). The van der Waals surface area contributed by atoms with Crippen LogP contribution in [0.2, 0.25) is 10.0 Å². The fraction of sp³-hybridized carbons (Fsp3) is 0.0625. The summed E-state index contributed by atoms with van der Waals surface area (Å²) in [6, 6.07) is 9.76. The molecule has 0 aliphatic rings. The molecule has 11 heteroatoms. The molecule has 5 N–H and O–H groups in total. The fourth-order valence-corrected chi connectivity index (χ4v) is 3.49. The predicted molar refractivity (Wildman–Crippen MR) is 107 cm³/mol. The largest absolute Gasteiger partial charge is 0.368 e. The third kappa shape index (κ3) is 4.57. The van der Waals surface area contributed by atoms with Gasteiger partial charge in [0.05, 0.1) is 15.6 Å². The van der Waals surface area contributed by atoms with E-state index in [1.807, 2.05) is 0 Å². The maximum Gasteiger partial charge on any atom is 0.258 e. The Morgan fingerprint density at radius 2 is 1.89 bits per heavy atom. The van der Waals surface area contributed by atoms with Crippen LogP contribution in [0.15, 0.2) is 41.3 Å². The van der Waals surface area contributed by atoms with E-state index in [1.165, 1.54) is 12.1 Å². The van der Waals surface area contributed by atoms with Crippen molar-refractivity contribution in [1.82, 2.24) is 15.2 Å². The number of H-pyrrole nitrogens is 1. The lowest BCUT2D eigenvalue weighted by Gasteiger charge is -2.11. The van der Waals surface area contributed by atoms with Gasteiger partial charge in [0.15, 0.2) is 0 Å². The molecule has 1 heterocycles. The van der Waals surface area contributed by atoms with E-state index in [-0.39, 0.29) is 27.5 Å². The molecule has 0 spiro atoms. The molecule has 1 unspecified atom stereocenters. The van der Waals surface area contributed by atoms with E-state index in [0.717, 1.165) is 0 Å². The maximum atomic E-state index is 12.6. The highest BCUT2D eigenvalue weighted by Crippen LogP contribution is 2.31. The second-order valence-electron chi connectivity index (χ2n) is 5.42. The molecule has 0 fully saturated rings. The van der Waals surface area contributed by atoms with Crippen LogP contribution >= 0.6 is 23.2 Å². The molecule has 1 aromatic heterocycles. The number of amides is 1. The first-order valence-electron chi connectivity index (χ1n) is 7.52. The Labute approximate surface area is 166 Å². The lowest BCUT2D eigenvalue weighted by atomic mass is 10.1. The van der Waals surface area contributed by atoms with Gasteiger partial charge >= 0.3 is 0 Å². The number of benzene rings is 2. The van der Waals surface area contributed by atoms with Crippen LogP contribution in [0.3, 0.4) is 0 Å². The summed E-state index contributed by atoms with van der Waals surface area (Å²) in [6.07, 6.45) is 1.56. The molecule has 0 saturated heterocycles. The first-order chi connectivity index (χ1) is 12.8. The number of rotatable bonds is 5. The summed E-state index contributed by atoms with van der Waals surface area (Å²) in [7, 11) is -1.16. The molecule has 8 nitrogen and oxygen atoms in total. The predicted octanol–water partition coefficient (Wildman–Crippen LogP) is 3.43. The Morgan fingerprint density at radius 1 is 1.19 bits per heavy atom. The van der Waals surface area contributed by atoms with E-state index in [2.05, 4.69) is 25.8 Å². The Balaban J connectivity index is 1.82. The van der Waals surface area contributed by atoms with Gasteiger partial charge in [-0.25, -0.2) is 5.10 Å². The lowest BCUT2D eigenvalue weighted by molar-refractivity contribution is 0.102. The number of carbonyl (C=O) groups is 1. The number of nitrogen functional groups attached to an aromatic ring is 1. The molecule has 140 valence electrons. The molecule has 0 saturated carbocycles. The van der Waals surface area contributed by atoms with Crippen LogP contribution in [0.25, 0.3) is 0 Å². The van der Waals surface area contributed by atoms with Crippen LogP contribution in [0, 0.1) is 0 Å². The molecule has 1 amide bonds. The Kier molecular flexibility index (Phi) is 5.64. The van der Waals surface area contributed by atoms with Crippen molar-refractivity contribution < 1.29 is 9.00 Å². The molecule has 0 bridgehead atoms. The molecule has 3 rings (SSSR count). The first-order valence-corrected chi connectivity index (χ1v) is 9.83. The molecule has 27 heavy (non-hydrogen) atoms. The molecule has 1 atom stereocenters. The number of nitrogens with two attached hydrogens (primary N) is 1. The summed E-state index contributed by atoms with van der Waals surface area (Å²) < 4.78 is 11.6. The number of aromatic amines is 1. The number of aromatic nitrogens is 3. The average molecular weight is 425 g/mol. The Bertz CT molecular complexity index is 1020. The molecule has 0 aliphatic carbocycles. The van der Waals surface area contributed by atoms with Gasteiger partial charge < -0.3 is 16.4 Å². The van der Waals surface area contributed by atoms with E-state index in [1.54, 1.807) is 30.5 Å². The number of hydrogen-bond acceptors (Lipinski definition) is 6. The quantitative estimate of drug-likeness (QED) is 0.496. The van der Waals surface area contributed by atoms with Gasteiger partial charge in [0.2, 0.25) is 11.9 Å². The zero-order chi connectivity index (χ0) is 19.6. The van der Waals surface area contributed by atoms with Gasteiger partial charge in [-0.3, -0.25) is 9.00 Å². The van der Waals surface area contributed by atoms with Crippen molar-refractivity contribution >= 4 is 63.2 Å². The Morgan fingerprint density at radius 3 is 2.48 bits per heavy atom. The normalized spacial score (nSPS) is 11.8.